The molecule has 0 amide bonds. The molecule has 0 saturated heterocycles. The molecule has 3 nitrogen and oxygen atoms in total. The number of fused-ring (bicyclic) bond motifs is 1. The average molecular weight is 387 g/mol. The number of benzene rings is 2. The summed E-state index contributed by atoms with van der Waals surface area (Å²) in [5.74, 6) is -0.164. The van der Waals surface area contributed by atoms with E-state index in [1.165, 1.54) is 12.1 Å². The van der Waals surface area contributed by atoms with Crippen molar-refractivity contribution in [2.75, 3.05) is 0 Å². The fraction of sp³-hybridized carbons (Fsp3) is 0.200. The second kappa shape index (κ2) is 7.28. The van der Waals surface area contributed by atoms with Crippen LogP contribution in [-0.4, -0.2) is 10.4 Å². The number of hydrogen-bond donors (Lipinski definition) is 0. The molecule has 2 aromatic heterocycles. The molecule has 0 saturated carbocycles. The van der Waals surface area contributed by atoms with Gasteiger partial charge in [-0.05, 0) is 56.7 Å². The molecule has 0 spiro atoms. The highest BCUT2D eigenvalue weighted by atomic mass is 19.1. The van der Waals surface area contributed by atoms with Gasteiger partial charge in [0.25, 0.3) is 0 Å². The third kappa shape index (κ3) is 3.25. The Labute approximate surface area is 170 Å². The third-order valence-corrected chi connectivity index (χ3v) is 5.69. The van der Waals surface area contributed by atoms with Crippen molar-refractivity contribution in [2.24, 2.45) is 7.05 Å². The third-order valence-electron chi connectivity index (χ3n) is 5.69. The Kier molecular flexibility index (Phi) is 4.79. The van der Waals surface area contributed by atoms with Gasteiger partial charge in [-0.15, -0.1) is 0 Å². The molecule has 146 valence electrons. The Balaban J connectivity index is 1.87. The van der Waals surface area contributed by atoms with E-state index in [4.69, 9.17) is 0 Å². The SMILES string of the molecule is CC(=O)c1c(C)n(C(C)c2cc[n+](C)c(-c3ccc(F)cc3)c2)c2ccccc12. The average Bonchev–Trinajstić information content (AvgIpc) is 3.00. The van der Waals surface area contributed by atoms with Crippen molar-refractivity contribution < 1.29 is 13.8 Å². The van der Waals surface area contributed by atoms with Gasteiger partial charge in [0.05, 0.1) is 6.04 Å². The van der Waals surface area contributed by atoms with E-state index in [9.17, 15) is 9.18 Å². The van der Waals surface area contributed by atoms with E-state index in [-0.39, 0.29) is 17.6 Å². The summed E-state index contributed by atoms with van der Waals surface area (Å²) in [5, 5.41) is 0.990. The second-order valence-corrected chi connectivity index (χ2v) is 7.54. The maximum atomic E-state index is 13.4. The highest BCUT2D eigenvalue weighted by molar-refractivity contribution is 6.08. The lowest BCUT2D eigenvalue weighted by Gasteiger charge is -2.18. The van der Waals surface area contributed by atoms with Crippen LogP contribution in [0, 0.1) is 12.7 Å². The first-order chi connectivity index (χ1) is 13.9. The highest BCUT2D eigenvalue weighted by Gasteiger charge is 2.22. The summed E-state index contributed by atoms with van der Waals surface area (Å²) >= 11 is 0. The number of nitrogens with zero attached hydrogens (tertiary/aromatic N) is 2. The van der Waals surface area contributed by atoms with Crippen molar-refractivity contribution >= 4 is 16.7 Å². The van der Waals surface area contributed by atoms with Gasteiger partial charge in [0.15, 0.2) is 12.0 Å². The largest absolute Gasteiger partial charge is 0.337 e. The van der Waals surface area contributed by atoms with Gasteiger partial charge in [0.1, 0.15) is 12.9 Å². The molecule has 1 atom stereocenters. The number of halogens is 1. The van der Waals surface area contributed by atoms with Crippen LogP contribution in [0.1, 0.15) is 41.5 Å². The van der Waals surface area contributed by atoms with Crippen LogP contribution >= 0.6 is 0 Å². The molecule has 0 bridgehead atoms. The summed E-state index contributed by atoms with van der Waals surface area (Å²) in [6.45, 7) is 5.78. The summed E-state index contributed by atoms with van der Waals surface area (Å²) in [7, 11) is 1.98. The summed E-state index contributed by atoms with van der Waals surface area (Å²) in [6.07, 6.45) is 2.03. The summed E-state index contributed by atoms with van der Waals surface area (Å²) in [4.78, 5) is 12.3. The summed E-state index contributed by atoms with van der Waals surface area (Å²) in [5.41, 5.74) is 5.91. The van der Waals surface area contributed by atoms with E-state index < -0.39 is 0 Å². The highest BCUT2D eigenvalue weighted by Crippen LogP contribution is 2.32. The smallest absolute Gasteiger partial charge is 0.212 e. The van der Waals surface area contributed by atoms with E-state index in [0.717, 1.165) is 39.0 Å². The molecule has 1 unspecified atom stereocenters. The molecule has 0 N–H and O–H groups in total. The Morgan fingerprint density at radius 3 is 2.45 bits per heavy atom. The number of para-hydroxylation sites is 1. The Morgan fingerprint density at radius 2 is 1.76 bits per heavy atom. The predicted octanol–water partition coefficient (Wildman–Crippen LogP) is 5.39. The van der Waals surface area contributed by atoms with Gasteiger partial charge in [0.2, 0.25) is 5.69 Å². The first kappa shape index (κ1) is 19.1. The van der Waals surface area contributed by atoms with Crippen LogP contribution in [0.2, 0.25) is 0 Å². The number of carbonyl (C=O) groups excluding carboxylic acids is 1. The van der Waals surface area contributed by atoms with Crippen LogP contribution in [-0.2, 0) is 7.05 Å². The second-order valence-electron chi connectivity index (χ2n) is 7.54. The predicted molar refractivity (Wildman–Crippen MR) is 114 cm³/mol. The Hall–Kier alpha value is -3.27. The summed E-state index contributed by atoms with van der Waals surface area (Å²) < 4.78 is 17.6. The molecule has 0 fully saturated rings. The molecule has 4 heteroatoms. The monoisotopic (exact) mass is 387 g/mol. The van der Waals surface area contributed by atoms with Crippen LogP contribution < -0.4 is 4.57 Å². The maximum Gasteiger partial charge on any atom is 0.212 e. The van der Waals surface area contributed by atoms with Gasteiger partial charge < -0.3 is 4.57 Å². The molecule has 0 aliphatic heterocycles. The molecule has 4 aromatic rings. The number of pyridine rings is 1. The molecule has 2 heterocycles. The van der Waals surface area contributed by atoms with E-state index in [1.54, 1.807) is 19.1 Å². The van der Waals surface area contributed by atoms with E-state index in [1.807, 2.05) is 42.9 Å². The minimum Gasteiger partial charge on any atom is -0.337 e. The Bertz CT molecular complexity index is 1220. The van der Waals surface area contributed by atoms with Gasteiger partial charge in [-0.25, -0.2) is 8.96 Å². The van der Waals surface area contributed by atoms with Crippen molar-refractivity contribution in [3.63, 3.8) is 0 Å². The minimum atomic E-state index is -0.243. The molecule has 0 aliphatic rings. The Morgan fingerprint density at radius 1 is 1.07 bits per heavy atom. The van der Waals surface area contributed by atoms with Crippen molar-refractivity contribution in [3.8, 4) is 11.3 Å². The fourth-order valence-corrected chi connectivity index (χ4v) is 4.24. The van der Waals surface area contributed by atoms with Crippen molar-refractivity contribution in [3.05, 3.63) is 89.5 Å². The van der Waals surface area contributed by atoms with Crippen molar-refractivity contribution in [1.29, 1.82) is 0 Å². The maximum absolute atomic E-state index is 13.4. The first-order valence-corrected chi connectivity index (χ1v) is 9.74. The standard InChI is InChI=1S/C25H24FN2O/c1-16(28-17(2)25(18(3)29)22-7-5-6-8-23(22)28)20-13-14-27(4)24(15-20)19-9-11-21(26)12-10-19/h5-16H,1-4H3/q+1. The lowest BCUT2D eigenvalue weighted by atomic mass is 10.0. The van der Waals surface area contributed by atoms with Gasteiger partial charge >= 0.3 is 0 Å². The van der Waals surface area contributed by atoms with Crippen LogP contribution in [0.15, 0.2) is 66.9 Å². The lowest BCUT2D eigenvalue weighted by Crippen LogP contribution is -2.31. The van der Waals surface area contributed by atoms with E-state index >= 15 is 0 Å². The van der Waals surface area contributed by atoms with Gasteiger partial charge in [0, 0.05) is 39.9 Å². The zero-order chi connectivity index (χ0) is 20.7. The number of carbonyl (C=O) groups is 1. The number of aryl methyl sites for hydroxylation is 1. The van der Waals surface area contributed by atoms with Crippen LogP contribution in [0.4, 0.5) is 4.39 Å². The normalized spacial score (nSPS) is 12.3. The first-order valence-electron chi connectivity index (χ1n) is 9.74. The van der Waals surface area contributed by atoms with Gasteiger partial charge in [-0.2, -0.15) is 0 Å². The molecule has 4 rings (SSSR count). The number of hydrogen-bond acceptors (Lipinski definition) is 1. The zero-order valence-electron chi connectivity index (χ0n) is 17.1. The number of aromatic nitrogens is 2. The fourth-order valence-electron chi connectivity index (χ4n) is 4.24. The van der Waals surface area contributed by atoms with Gasteiger partial charge in [-0.1, -0.05) is 18.2 Å². The molecular weight excluding hydrogens is 363 g/mol. The molecule has 0 aliphatic carbocycles. The molecule has 2 aromatic carbocycles. The van der Waals surface area contributed by atoms with Crippen LogP contribution in [0.25, 0.3) is 22.2 Å². The van der Waals surface area contributed by atoms with Crippen molar-refractivity contribution in [1.82, 2.24) is 4.57 Å². The van der Waals surface area contributed by atoms with E-state index in [2.05, 4.69) is 29.7 Å². The zero-order valence-corrected chi connectivity index (χ0v) is 17.1. The topological polar surface area (TPSA) is 25.9 Å². The van der Waals surface area contributed by atoms with Crippen LogP contribution in [0.5, 0.6) is 0 Å². The quantitative estimate of drug-likeness (QED) is 0.340. The van der Waals surface area contributed by atoms with Crippen molar-refractivity contribution in [2.45, 2.75) is 26.8 Å². The number of ketones is 1. The molecular formula is C25H24FN2O+. The molecule has 0 radical (unpaired) electrons. The minimum absolute atomic E-state index is 0.0356. The number of rotatable bonds is 4. The summed E-state index contributed by atoms with van der Waals surface area (Å²) in [6, 6.07) is 18.9. The molecule has 29 heavy (non-hydrogen) atoms. The number of Topliss-reactive ketones (excluding diaryl/α,β-unsaturated/α-hetero) is 1. The van der Waals surface area contributed by atoms with Gasteiger partial charge in [-0.3, -0.25) is 4.79 Å². The van der Waals surface area contributed by atoms with E-state index in [0.29, 0.717) is 0 Å². The lowest BCUT2D eigenvalue weighted by molar-refractivity contribution is -0.660. The van der Waals surface area contributed by atoms with Crippen LogP contribution in [0.3, 0.4) is 0 Å².